The summed E-state index contributed by atoms with van der Waals surface area (Å²) in [5.41, 5.74) is 0.902. The van der Waals surface area contributed by atoms with E-state index >= 15 is 0 Å². The van der Waals surface area contributed by atoms with Crippen molar-refractivity contribution < 1.29 is 9.05 Å². The number of aromatic nitrogens is 2. The van der Waals surface area contributed by atoms with Crippen molar-refractivity contribution in [3.05, 3.63) is 17.6 Å². The molecule has 5 nitrogen and oxygen atoms in total. The van der Waals surface area contributed by atoms with Crippen LogP contribution in [0.25, 0.3) is 0 Å². The minimum absolute atomic E-state index is 0.193. The van der Waals surface area contributed by atoms with Crippen LogP contribution in [-0.2, 0) is 16.3 Å². The zero-order valence-electron chi connectivity index (χ0n) is 12.4. The van der Waals surface area contributed by atoms with Gasteiger partial charge in [-0.05, 0) is 52.3 Å². The van der Waals surface area contributed by atoms with Crippen LogP contribution in [0.1, 0.15) is 51.0 Å². The van der Waals surface area contributed by atoms with Crippen LogP contribution in [0.5, 0.6) is 5.88 Å². The van der Waals surface area contributed by atoms with Crippen LogP contribution in [0.3, 0.4) is 0 Å². The van der Waals surface area contributed by atoms with Crippen LogP contribution in [0, 0.1) is 6.92 Å². The summed E-state index contributed by atoms with van der Waals surface area (Å²) in [6, 6.07) is 2.01. The largest absolute Gasteiger partial charge is 0.414 e. The van der Waals surface area contributed by atoms with Crippen LogP contribution < -0.4 is 9.61 Å². The molecule has 1 aromatic heterocycles. The van der Waals surface area contributed by atoms with Gasteiger partial charge in [-0.1, -0.05) is 0 Å². The van der Waals surface area contributed by atoms with Gasteiger partial charge < -0.3 is 9.05 Å². The van der Waals surface area contributed by atoms with Gasteiger partial charge in [-0.2, -0.15) is 4.98 Å². The van der Waals surface area contributed by atoms with Crippen LogP contribution >= 0.6 is 6.64 Å². The van der Waals surface area contributed by atoms with Gasteiger partial charge in [0.05, 0.1) is 6.61 Å². The molecule has 1 fully saturated rings. The second-order valence-corrected chi connectivity index (χ2v) is 8.41. The summed E-state index contributed by atoms with van der Waals surface area (Å²) in [6.45, 7) is 5.85. The third kappa shape index (κ3) is 4.48. The molecule has 112 valence electrons. The zero-order chi connectivity index (χ0) is 14.8. The van der Waals surface area contributed by atoms with Gasteiger partial charge >= 0.3 is 6.64 Å². The van der Waals surface area contributed by atoms with E-state index in [0.717, 1.165) is 24.4 Å². The first-order chi connectivity index (χ1) is 9.42. The fourth-order valence-electron chi connectivity index (χ4n) is 1.83. The molecule has 0 bridgehead atoms. The maximum absolute atomic E-state index is 5.89. The van der Waals surface area contributed by atoms with Crippen LogP contribution in [-0.4, -0.2) is 22.6 Å². The first-order valence-electron chi connectivity index (χ1n) is 6.99. The highest BCUT2D eigenvalue weighted by atomic mass is 32.5. The molecule has 7 heteroatoms. The lowest BCUT2D eigenvalue weighted by molar-refractivity contribution is 0.316. The van der Waals surface area contributed by atoms with E-state index in [9.17, 15) is 0 Å². The Morgan fingerprint density at radius 2 is 2.15 bits per heavy atom. The van der Waals surface area contributed by atoms with E-state index in [1.807, 2.05) is 33.8 Å². The minimum Gasteiger partial charge on any atom is -0.414 e. The van der Waals surface area contributed by atoms with E-state index in [1.165, 1.54) is 0 Å². The van der Waals surface area contributed by atoms with Gasteiger partial charge in [0, 0.05) is 23.7 Å². The number of aryl methyl sites for hydroxylation is 1. The Balaban J connectivity index is 2.19. The van der Waals surface area contributed by atoms with E-state index < -0.39 is 6.64 Å². The minimum atomic E-state index is -2.55. The standard InChI is InChI=1S/C13H22N3O2PS/c1-5-17-19(20,16-9(2)3)18-12-8-10(4)14-13(15-12)11-6-7-11/h8-9,11H,5-7H2,1-4H3,(H,16,20). The second-order valence-electron chi connectivity index (χ2n) is 5.27. The van der Waals surface area contributed by atoms with E-state index in [4.69, 9.17) is 20.9 Å². The van der Waals surface area contributed by atoms with Crippen molar-refractivity contribution >= 4 is 18.4 Å². The summed E-state index contributed by atoms with van der Waals surface area (Å²) >= 11 is 5.52. The highest BCUT2D eigenvalue weighted by Crippen LogP contribution is 2.45. The Labute approximate surface area is 125 Å². The number of rotatable bonds is 7. The van der Waals surface area contributed by atoms with Crippen molar-refractivity contribution in [2.24, 2.45) is 0 Å². The van der Waals surface area contributed by atoms with Crippen LogP contribution in [0.2, 0.25) is 0 Å². The lowest BCUT2D eigenvalue weighted by Gasteiger charge is -2.24. The number of hydrogen-bond acceptors (Lipinski definition) is 5. The molecule has 1 saturated carbocycles. The van der Waals surface area contributed by atoms with Gasteiger partial charge in [-0.3, -0.25) is 0 Å². The number of nitrogens with one attached hydrogen (secondary N) is 1. The molecule has 1 unspecified atom stereocenters. The van der Waals surface area contributed by atoms with E-state index in [0.29, 0.717) is 18.4 Å². The van der Waals surface area contributed by atoms with Gasteiger partial charge in [0.25, 0.3) is 0 Å². The number of hydrogen-bond donors (Lipinski definition) is 1. The third-order valence-corrected chi connectivity index (χ3v) is 5.43. The molecule has 0 aromatic carbocycles. The summed E-state index contributed by atoms with van der Waals surface area (Å²) in [5.74, 6) is 1.87. The average Bonchev–Trinajstić information content (AvgIpc) is 3.09. The van der Waals surface area contributed by atoms with Crippen molar-refractivity contribution in [2.75, 3.05) is 6.61 Å². The molecular formula is C13H22N3O2PS. The summed E-state index contributed by atoms with van der Waals surface area (Å²) < 4.78 is 11.5. The lowest BCUT2D eigenvalue weighted by Crippen LogP contribution is -2.23. The van der Waals surface area contributed by atoms with E-state index in [2.05, 4.69) is 15.1 Å². The molecule has 0 radical (unpaired) electrons. The molecule has 0 aliphatic heterocycles. The molecule has 1 aliphatic carbocycles. The van der Waals surface area contributed by atoms with Gasteiger partial charge in [0.2, 0.25) is 5.88 Å². The van der Waals surface area contributed by atoms with E-state index in [-0.39, 0.29) is 6.04 Å². The van der Waals surface area contributed by atoms with Crippen molar-refractivity contribution in [1.82, 2.24) is 15.1 Å². The molecule has 0 spiro atoms. The molecule has 1 N–H and O–H groups in total. The SMILES string of the molecule is CCOP(=S)(NC(C)C)Oc1cc(C)nc(C2CC2)n1. The maximum Gasteiger partial charge on any atom is 0.314 e. The van der Waals surface area contributed by atoms with Gasteiger partial charge in [0.1, 0.15) is 5.82 Å². The molecule has 1 aromatic rings. The summed E-state index contributed by atoms with van der Waals surface area (Å²) in [7, 11) is 0. The van der Waals surface area contributed by atoms with E-state index in [1.54, 1.807) is 0 Å². The smallest absolute Gasteiger partial charge is 0.314 e. The second kappa shape index (κ2) is 6.48. The number of nitrogens with zero attached hydrogens (tertiary/aromatic N) is 2. The van der Waals surface area contributed by atoms with Gasteiger partial charge in [-0.25, -0.2) is 10.1 Å². The molecule has 20 heavy (non-hydrogen) atoms. The first kappa shape index (κ1) is 15.8. The van der Waals surface area contributed by atoms with Gasteiger partial charge in [-0.15, -0.1) is 0 Å². The Bertz CT molecular complexity index is 520. The highest BCUT2D eigenvalue weighted by Gasteiger charge is 2.28. The van der Waals surface area contributed by atoms with Crippen molar-refractivity contribution in [1.29, 1.82) is 0 Å². The van der Waals surface area contributed by atoms with Crippen LogP contribution in [0.4, 0.5) is 0 Å². The van der Waals surface area contributed by atoms with Crippen molar-refractivity contribution in [3.8, 4) is 5.88 Å². The molecule has 1 atom stereocenters. The average molecular weight is 315 g/mol. The molecule has 0 amide bonds. The Hall–Kier alpha value is -0.550. The predicted molar refractivity (Wildman–Crippen MR) is 83.6 cm³/mol. The summed E-state index contributed by atoms with van der Waals surface area (Å²) in [4.78, 5) is 8.94. The van der Waals surface area contributed by atoms with Crippen molar-refractivity contribution in [3.63, 3.8) is 0 Å². The Morgan fingerprint density at radius 3 is 2.70 bits per heavy atom. The predicted octanol–water partition coefficient (Wildman–Crippen LogP) is 3.30. The Kier molecular flexibility index (Phi) is 5.13. The fraction of sp³-hybridized carbons (Fsp3) is 0.692. The molecule has 2 rings (SSSR count). The summed E-state index contributed by atoms with van der Waals surface area (Å²) in [5, 5.41) is 3.21. The topological polar surface area (TPSA) is 56.3 Å². The lowest BCUT2D eigenvalue weighted by atomic mass is 10.3. The molecular weight excluding hydrogens is 293 g/mol. The summed E-state index contributed by atoms with van der Waals surface area (Å²) in [6.07, 6.45) is 2.32. The molecule has 1 aliphatic rings. The third-order valence-electron chi connectivity index (χ3n) is 2.72. The highest BCUT2D eigenvalue weighted by molar-refractivity contribution is 8.09. The zero-order valence-corrected chi connectivity index (χ0v) is 14.1. The van der Waals surface area contributed by atoms with Crippen LogP contribution in [0.15, 0.2) is 6.07 Å². The maximum atomic E-state index is 5.89. The molecule has 1 heterocycles. The molecule has 0 saturated heterocycles. The normalized spacial score (nSPS) is 18.1. The van der Waals surface area contributed by atoms with Crippen molar-refractivity contribution in [2.45, 2.75) is 52.5 Å². The monoisotopic (exact) mass is 315 g/mol. The fourth-order valence-corrected chi connectivity index (χ4v) is 4.50. The Morgan fingerprint density at radius 1 is 1.45 bits per heavy atom. The first-order valence-corrected chi connectivity index (χ1v) is 9.63. The van der Waals surface area contributed by atoms with Gasteiger partial charge in [0.15, 0.2) is 0 Å². The quantitative estimate of drug-likeness (QED) is 0.779.